The zero-order valence-corrected chi connectivity index (χ0v) is 21.0. The number of carbonyl (C=O) groups excluding carboxylic acids is 2. The Morgan fingerprint density at radius 2 is 1.88 bits per heavy atom. The van der Waals surface area contributed by atoms with E-state index in [4.69, 9.17) is 4.74 Å². The number of amidine groups is 1. The summed E-state index contributed by atoms with van der Waals surface area (Å²) in [6, 6.07) is 13.5. The molecule has 2 aromatic rings. The van der Waals surface area contributed by atoms with Crippen LogP contribution in [0.2, 0.25) is 0 Å². The van der Waals surface area contributed by atoms with Crippen LogP contribution in [0.25, 0.3) is 6.08 Å². The van der Waals surface area contributed by atoms with E-state index in [0.29, 0.717) is 16.8 Å². The van der Waals surface area contributed by atoms with Crippen molar-refractivity contribution >= 4 is 40.5 Å². The fraction of sp³-hybridized carbons (Fsp3) is 0.370. The lowest BCUT2D eigenvalue weighted by Crippen LogP contribution is -2.40. The molecule has 34 heavy (non-hydrogen) atoms. The molecule has 0 N–H and O–H groups in total. The Bertz CT molecular complexity index is 1120. The van der Waals surface area contributed by atoms with Crippen LogP contribution < -0.4 is 9.64 Å². The number of piperidine rings is 1. The molecule has 0 saturated carbocycles. The number of anilines is 1. The Morgan fingerprint density at radius 1 is 1.18 bits per heavy atom. The number of rotatable bonds is 5. The second kappa shape index (κ2) is 10.5. The summed E-state index contributed by atoms with van der Waals surface area (Å²) >= 11 is 1.33. The summed E-state index contributed by atoms with van der Waals surface area (Å²) in [7, 11) is 1.62. The van der Waals surface area contributed by atoms with Crippen molar-refractivity contribution in [3.8, 4) is 5.75 Å². The molecule has 1 unspecified atom stereocenters. The maximum absolute atomic E-state index is 13.5. The van der Waals surface area contributed by atoms with E-state index in [1.54, 1.807) is 18.1 Å². The third kappa shape index (κ3) is 5.53. The molecule has 1 fully saturated rings. The van der Waals surface area contributed by atoms with Crippen LogP contribution in [0.1, 0.15) is 36.5 Å². The molecule has 0 bridgehead atoms. The van der Waals surface area contributed by atoms with Gasteiger partial charge in [-0.1, -0.05) is 36.9 Å². The van der Waals surface area contributed by atoms with Gasteiger partial charge in [-0.15, -0.1) is 0 Å². The van der Waals surface area contributed by atoms with Crippen LogP contribution >= 0.6 is 11.8 Å². The zero-order valence-electron chi connectivity index (χ0n) is 20.2. The van der Waals surface area contributed by atoms with Crippen LogP contribution in [0, 0.1) is 19.8 Å². The van der Waals surface area contributed by atoms with Gasteiger partial charge in [-0.25, -0.2) is 4.99 Å². The van der Waals surface area contributed by atoms with Crippen LogP contribution in [0.3, 0.4) is 0 Å². The number of hydrogen-bond donors (Lipinski definition) is 0. The van der Waals surface area contributed by atoms with Gasteiger partial charge in [-0.2, -0.15) is 0 Å². The van der Waals surface area contributed by atoms with Gasteiger partial charge in [-0.3, -0.25) is 14.5 Å². The molecule has 1 atom stereocenters. The largest absolute Gasteiger partial charge is 0.497 e. The molecule has 0 aliphatic carbocycles. The summed E-state index contributed by atoms with van der Waals surface area (Å²) in [5.74, 6) is 1.44. The van der Waals surface area contributed by atoms with E-state index in [9.17, 15) is 9.59 Å². The summed E-state index contributed by atoms with van der Waals surface area (Å²) in [5.41, 5.74) is 4.12. The zero-order chi connectivity index (χ0) is 24.2. The fourth-order valence-corrected chi connectivity index (χ4v) is 5.31. The quantitative estimate of drug-likeness (QED) is 0.566. The lowest BCUT2D eigenvalue weighted by molar-refractivity contribution is -0.130. The molecule has 0 spiro atoms. The third-order valence-corrected chi connectivity index (χ3v) is 6.97. The van der Waals surface area contributed by atoms with Gasteiger partial charge in [0, 0.05) is 13.1 Å². The van der Waals surface area contributed by atoms with Crippen molar-refractivity contribution in [2.24, 2.45) is 10.9 Å². The lowest BCUT2D eigenvalue weighted by Gasteiger charge is -2.31. The van der Waals surface area contributed by atoms with Crippen LogP contribution in [0.15, 0.2) is 53.2 Å². The maximum Gasteiger partial charge on any atom is 0.283 e. The number of thioether (sulfide) groups is 1. The number of amides is 2. The molecular formula is C27H31N3O3S. The van der Waals surface area contributed by atoms with Crippen molar-refractivity contribution in [2.45, 2.75) is 33.6 Å². The van der Waals surface area contributed by atoms with Crippen molar-refractivity contribution in [1.29, 1.82) is 0 Å². The number of likely N-dealkylation sites (tertiary alicyclic amines) is 1. The van der Waals surface area contributed by atoms with Crippen molar-refractivity contribution in [1.82, 2.24) is 4.90 Å². The van der Waals surface area contributed by atoms with Crippen molar-refractivity contribution in [3.05, 3.63) is 64.9 Å². The molecule has 0 aromatic heterocycles. The van der Waals surface area contributed by atoms with Crippen LogP contribution in [0.4, 0.5) is 5.69 Å². The highest BCUT2D eigenvalue weighted by Crippen LogP contribution is 2.31. The average Bonchev–Trinajstić information content (AvgIpc) is 3.12. The molecule has 4 rings (SSSR count). The Hall–Kier alpha value is -3.06. The van der Waals surface area contributed by atoms with E-state index in [1.807, 2.05) is 55.1 Å². The lowest BCUT2D eigenvalue weighted by atomic mass is 10.0. The van der Waals surface area contributed by atoms with Gasteiger partial charge >= 0.3 is 0 Å². The maximum atomic E-state index is 13.5. The highest BCUT2D eigenvalue weighted by molar-refractivity contribution is 8.14. The van der Waals surface area contributed by atoms with Gasteiger partial charge in [0.05, 0.1) is 18.6 Å². The minimum Gasteiger partial charge on any atom is -0.497 e. The minimum absolute atomic E-state index is 0.0969. The second-order valence-corrected chi connectivity index (χ2v) is 10.0. The van der Waals surface area contributed by atoms with E-state index in [1.165, 1.54) is 11.8 Å². The van der Waals surface area contributed by atoms with Crippen LogP contribution in [-0.4, -0.2) is 47.8 Å². The van der Waals surface area contributed by atoms with Gasteiger partial charge < -0.3 is 9.64 Å². The normalized spacial score (nSPS) is 19.5. The van der Waals surface area contributed by atoms with Crippen LogP contribution in [-0.2, 0) is 9.59 Å². The first-order valence-corrected chi connectivity index (χ1v) is 12.6. The minimum atomic E-state index is -0.192. The summed E-state index contributed by atoms with van der Waals surface area (Å²) < 4.78 is 5.22. The predicted molar refractivity (Wildman–Crippen MR) is 139 cm³/mol. The number of carbonyl (C=O) groups is 2. The number of ether oxygens (including phenoxy) is 1. The van der Waals surface area contributed by atoms with E-state index in [-0.39, 0.29) is 17.6 Å². The van der Waals surface area contributed by atoms with E-state index in [0.717, 1.165) is 54.1 Å². The SMILES string of the molecule is COc1ccc(/C=C2\N=C(SCC(=O)N3CCCC(C)C3)N(c3cc(C)cc(C)c3)C2=O)cc1. The Kier molecular flexibility index (Phi) is 7.41. The van der Waals surface area contributed by atoms with E-state index >= 15 is 0 Å². The van der Waals surface area contributed by atoms with Gasteiger partial charge in [0.2, 0.25) is 5.91 Å². The van der Waals surface area contributed by atoms with Crippen LogP contribution in [0.5, 0.6) is 5.75 Å². The molecule has 2 aliphatic rings. The van der Waals surface area contributed by atoms with E-state index in [2.05, 4.69) is 18.0 Å². The number of benzene rings is 2. The van der Waals surface area contributed by atoms with Gasteiger partial charge in [-0.05, 0) is 79.6 Å². The molecule has 1 saturated heterocycles. The summed E-state index contributed by atoms with van der Waals surface area (Å²) in [4.78, 5) is 34.6. The standard InChI is InChI=1S/C27H31N3O3S/c1-18-6-5-11-29(16-18)25(31)17-34-27-28-24(15-21-7-9-23(33-4)10-8-21)26(32)30(27)22-13-19(2)12-20(3)14-22/h7-10,12-15,18H,5-6,11,16-17H2,1-4H3/b24-15-. The highest BCUT2D eigenvalue weighted by Gasteiger charge is 2.33. The first-order valence-electron chi connectivity index (χ1n) is 11.6. The Labute approximate surface area is 205 Å². The molecule has 2 aliphatic heterocycles. The number of nitrogens with zero attached hydrogens (tertiary/aromatic N) is 3. The first kappa shape index (κ1) is 24.1. The summed E-state index contributed by atoms with van der Waals surface area (Å²) in [6.07, 6.45) is 3.98. The average molecular weight is 478 g/mol. The summed E-state index contributed by atoms with van der Waals surface area (Å²) in [5, 5.41) is 0.535. The first-order chi connectivity index (χ1) is 16.3. The highest BCUT2D eigenvalue weighted by atomic mass is 32.2. The fourth-order valence-electron chi connectivity index (χ4n) is 4.39. The molecule has 178 valence electrons. The van der Waals surface area contributed by atoms with Crippen molar-refractivity contribution < 1.29 is 14.3 Å². The predicted octanol–water partition coefficient (Wildman–Crippen LogP) is 5.05. The number of methoxy groups -OCH3 is 1. The molecule has 6 nitrogen and oxygen atoms in total. The van der Waals surface area contributed by atoms with Gasteiger partial charge in [0.1, 0.15) is 11.4 Å². The topological polar surface area (TPSA) is 62.2 Å². The molecule has 7 heteroatoms. The molecule has 2 heterocycles. The number of hydrogen-bond acceptors (Lipinski definition) is 5. The van der Waals surface area contributed by atoms with Gasteiger partial charge in [0.15, 0.2) is 5.17 Å². The van der Waals surface area contributed by atoms with Crippen molar-refractivity contribution in [3.63, 3.8) is 0 Å². The number of aryl methyl sites for hydroxylation is 2. The third-order valence-electron chi connectivity index (χ3n) is 6.05. The molecule has 2 amide bonds. The molecular weight excluding hydrogens is 446 g/mol. The van der Waals surface area contributed by atoms with Crippen molar-refractivity contribution in [2.75, 3.05) is 30.9 Å². The summed E-state index contributed by atoms with van der Waals surface area (Å²) in [6.45, 7) is 7.81. The Balaban J connectivity index is 1.60. The second-order valence-electron chi connectivity index (χ2n) is 9.06. The Morgan fingerprint density at radius 3 is 2.53 bits per heavy atom. The molecule has 0 radical (unpaired) electrons. The van der Waals surface area contributed by atoms with Gasteiger partial charge in [0.25, 0.3) is 5.91 Å². The molecule has 2 aromatic carbocycles. The number of aliphatic imine (C=N–C) groups is 1. The smallest absolute Gasteiger partial charge is 0.283 e. The monoisotopic (exact) mass is 477 g/mol. The van der Waals surface area contributed by atoms with E-state index < -0.39 is 0 Å².